The zero-order chi connectivity index (χ0) is 21.1. The second kappa shape index (κ2) is 8.10. The van der Waals surface area contributed by atoms with Gasteiger partial charge < -0.3 is 9.54 Å². The molecule has 0 unspecified atom stereocenters. The fraction of sp³-hybridized carbons (Fsp3) is 0.0417. The van der Waals surface area contributed by atoms with E-state index in [0.29, 0.717) is 0 Å². The number of rotatable bonds is 2. The van der Waals surface area contributed by atoms with Gasteiger partial charge in [0.05, 0.1) is 22.0 Å². The minimum Gasteiger partial charge on any atom is -0.744 e. The Balaban J connectivity index is 0.000000170. The number of para-hydroxylation sites is 1. The molecule has 0 fully saturated rings. The van der Waals surface area contributed by atoms with Crippen LogP contribution >= 0.6 is 0 Å². The van der Waals surface area contributed by atoms with Gasteiger partial charge in [0.1, 0.15) is 10.1 Å². The van der Waals surface area contributed by atoms with Crippen LogP contribution in [0.4, 0.5) is 0 Å². The smallest absolute Gasteiger partial charge is 0.236 e. The first-order chi connectivity index (χ1) is 14.4. The molecule has 0 aliphatic rings. The van der Waals surface area contributed by atoms with Crippen molar-refractivity contribution < 1.29 is 17.5 Å². The number of H-pyrrole nitrogens is 1. The van der Waals surface area contributed by atoms with Gasteiger partial charge in [-0.05, 0) is 42.6 Å². The van der Waals surface area contributed by atoms with Crippen molar-refractivity contribution in [2.75, 3.05) is 0 Å². The van der Waals surface area contributed by atoms with Crippen LogP contribution in [0.25, 0.3) is 27.4 Å². The molecule has 2 aromatic heterocycles. The van der Waals surface area contributed by atoms with Crippen LogP contribution in [0.5, 0.6) is 0 Å². The summed E-state index contributed by atoms with van der Waals surface area (Å²) in [7, 11) is -4.27. The van der Waals surface area contributed by atoms with Crippen molar-refractivity contribution in [1.82, 2.24) is 4.98 Å². The van der Waals surface area contributed by atoms with Crippen LogP contribution in [-0.2, 0) is 10.1 Å². The van der Waals surface area contributed by atoms with Crippen LogP contribution in [0, 0.1) is 6.92 Å². The topological polar surface area (TPSA) is 76.9 Å². The van der Waals surface area contributed by atoms with Gasteiger partial charge in [-0.2, -0.15) is 4.57 Å². The van der Waals surface area contributed by atoms with Gasteiger partial charge in [0.15, 0.2) is 12.4 Å². The Morgan fingerprint density at radius 2 is 1.50 bits per heavy atom. The largest absolute Gasteiger partial charge is 0.744 e. The van der Waals surface area contributed by atoms with Crippen molar-refractivity contribution in [3.63, 3.8) is 0 Å². The number of hydrogen-bond acceptors (Lipinski definition) is 3. The fourth-order valence-corrected chi connectivity index (χ4v) is 3.73. The third kappa shape index (κ3) is 4.25. The minimum absolute atomic E-state index is 0.178. The number of aromatic amines is 1. The molecule has 3 aromatic carbocycles. The second-order valence-electron chi connectivity index (χ2n) is 6.97. The highest BCUT2D eigenvalue weighted by molar-refractivity contribution is 7.85. The molecular weight excluding hydrogens is 396 g/mol. The quantitative estimate of drug-likeness (QED) is 0.340. The van der Waals surface area contributed by atoms with E-state index in [1.807, 2.05) is 13.0 Å². The van der Waals surface area contributed by atoms with E-state index in [0.717, 1.165) is 11.1 Å². The maximum Gasteiger partial charge on any atom is 0.236 e. The van der Waals surface area contributed by atoms with Crippen molar-refractivity contribution in [3.8, 4) is 5.69 Å². The predicted octanol–water partition coefficient (Wildman–Crippen LogP) is 4.50. The molecule has 0 aliphatic heterocycles. The summed E-state index contributed by atoms with van der Waals surface area (Å²) in [6.07, 6.45) is 6.34. The highest BCUT2D eigenvalue weighted by Crippen LogP contribution is 2.18. The first kappa shape index (κ1) is 19.8. The average Bonchev–Trinajstić information content (AvgIpc) is 3.18. The van der Waals surface area contributed by atoms with Gasteiger partial charge >= 0.3 is 0 Å². The van der Waals surface area contributed by atoms with Crippen molar-refractivity contribution in [2.45, 2.75) is 11.8 Å². The fourth-order valence-electron chi connectivity index (χ4n) is 3.26. The van der Waals surface area contributed by atoms with E-state index in [-0.39, 0.29) is 4.90 Å². The summed E-state index contributed by atoms with van der Waals surface area (Å²) in [6, 6.07) is 24.7. The Kier molecular flexibility index (Phi) is 5.35. The van der Waals surface area contributed by atoms with E-state index >= 15 is 0 Å². The van der Waals surface area contributed by atoms with Gasteiger partial charge in [-0.25, -0.2) is 8.42 Å². The molecule has 0 spiro atoms. The lowest BCUT2D eigenvalue weighted by Crippen LogP contribution is -2.28. The Morgan fingerprint density at radius 3 is 2.23 bits per heavy atom. The normalized spacial score (nSPS) is 11.3. The van der Waals surface area contributed by atoms with Crippen molar-refractivity contribution in [1.29, 1.82) is 0 Å². The first-order valence-electron chi connectivity index (χ1n) is 9.41. The average molecular weight is 417 g/mol. The lowest BCUT2D eigenvalue weighted by molar-refractivity contribution is -0.592. The third-order valence-corrected chi connectivity index (χ3v) is 5.69. The number of benzene rings is 3. The zero-order valence-corrected chi connectivity index (χ0v) is 17.1. The molecule has 0 saturated heterocycles. The number of nitrogens with zero attached hydrogens (tertiary/aromatic N) is 1. The van der Waals surface area contributed by atoms with Crippen LogP contribution < -0.4 is 4.57 Å². The van der Waals surface area contributed by atoms with Crippen molar-refractivity contribution >= 4 is 31.8 Å². The monoisotopic (exact) mass is 416 g/mol. The Hall–Kier alpha value is -3.48. The van der Waals surface area contributed by atoms with Gasteiger partial charge in [0.25, 0.3) is 0 Å². The molecule has 0 atom stereocenters. The lowest BCUT2D eigenvalue weighted by atomic mass is 10.2. The van der Waals surface area contributed by atoms with E-state index in [1.54, 1.807) is 12.1 Å². The number of aromatic nitrogens is 2. The molecule has 30 heavy (non-hydrogen) atoms. The molecule has 5 aromatic rings. The second-order valence-corrected chi connectivity index (χ2v) is 8.35. The summed E-state index contributed by atoms with van der Waals surface area (Å²) < 4.78 is 33.3. The molecule has 2 heterocycles. The van der Waals surface area contributed by atoms with Crippen molar-refractivity contribution in [3.05, 3.63) is 103 Å². The summed E-state index contributed by atoms with van der Waals surface area (Å²) in [4.78, 5) is 3.14. The number of pyridine rings is 1. The Labute approximate surface area is 175 Å². The van der Waals surface area contributed by atoms with E-state index in [1.165, 1.54) is 34.0 Å². The zero-order valence-electron chi connectivity index (χ0n) is 16.3. The number of aryl methyl sites for hydroxylation is 1. The molecule has 1 N–H and O–H groups in total. The molecule has 6 heteroatoms. The van der Waals surface area contributed by atoms with E-state index in [2.05, 4.69) is 76.7 Å². The van der Waals surface area contributed by atoms with Crippen LogP contribution in [-0.4, -0.2) is 18.0 Å². The Morgan fingerprint density at radius 1 is 0.833 bits per heavy atom. The predicted molar refractivity (Wildman–Crippen MR) is 116 cm³/mol. The van der Waals surface area contributed by atoms with Crippen LogP contribution in [0.2, 0.25) is 0 Å². The summed E-state index contributed by atoms with van der Waals surface area (Å²) in [5.41, 5.74) is 3.27. The summed E-state index contributed by atoms with van der Waals surface area (Å²) in [5.74, 6) is 0. The molecule has 0 aliphatic carbocycles. The highest BCUT2D eigenvalue weighted by Gasteiger charge is 2.12. The van der Waals surface area contributed by atoms with Gasteiger partial charge in [0, 0.05) is 11.5 Å². The molecule has 5 rings (SSSR count). The van der Waals surface area contributed by atoms with Crippen LogP contribution in [0.15, 0.2) is 102 Å². The molecule has 0 radical (unpaired) electrons. The van der Waals surface area contributed by atoms with Crippen LogP contribution in [0.3, 0.4) is 0 Å². The Bertz CT molecular complexity index is 1420. The minimum atomic E-state index is -4.27. The number of nitrogens with one attached hydrogen (secondary N) is 1. The van der Waals surface area contributed by atoms with E-state index < -0.39 is 10.1 Å². The maximum atomic E-state index is 10.4. The van der Waals surface area contributed by atoms with Crippen LogP contribution in [0.1, 0.15) is 5.56 Å². The first-order valence-corrected chi connectivity index (χ1v) is 10.8. The molecule has 0 bridgehead atoms. The molecular formula is C24H20N2O3S. The van der Waals surface area contributed by atoms with Crippen molar-refractivity contribution in [2.24, 2.45) is 0 Å². The lowest BCUT2D eigenvalue weighted by Gasteiger charge is -2.05. The highest BCUT2D eigenvalue weighted by atomic mass is 32.2. The van der Waals surface area contributed by atoms with Gasteiger partial charge in [-0.15, -0.1) is 0 Å². The maximum absolute atomic E-state index is 10.4. The van der Waals surface area contributed by atoms with E-state index in [4.69, 9.17) is 0 Å². The standard InChI is InChI=1S/C17H13N2.C7H8O3S/c1-2-6-14-12-19(10-9-13(14)5-1)17-11-18-16-8-4-3-7-15(16)17;1-6-2-4-7(5-3-6)11(8,9)10/h1-12,18H;2-5H,1H3,(H,8,9,10)/q+1;/p-1. The number of fused-ring (bicyclic) bond motifs is 2. The number of hydrogen-bond donors (Lipinski definition) is 1. The third-order valence-electron chi connectivity index (χ3n) is 4.84. The summed E-state index contributed by atoms with van der Waals surface area (Å²) in [5, 5.41) is 3.75. The van der Waals surface area contributed by atoms with Gasteiger partial charge in [-0.3, -0.25) is 0 Å². The van der Waals surface area contributed by atoms with Gasteiger partial charge in [0.2, 0.25) is 5.69 Å². The summed E-state index contributed by atoms with van der Waals surface area (Å²) >= 11 is 0. The summed E-state index contributed by atoms with van der Waals surface area (Å²) in [6.45, 7) is 1.82. The molecule has 5 nitrogen and oxygen atoms in total. The molecule has 0 amide bonds. The van der Waals surface area contributed by atoms with E-state index in [9.17, 15) is 13.0 Å². The SMILES string of the molecule is Cc1ccc(S(=O)(=O)[O-])cc1.c1ccc2c[n+](-c3c[nH]c4ccccc34)ccc2c1. The molecule has 0 saturated carbocycles. The molecule has 150 valence electrons. The van der Waals surface area contributed by atoms with Gasteiger partial charge in [-0.1, -0.05) is 48.0 Å².